The van der Waals surface area contributed by atoms with Gasteiger partial charge in [-0.1, -0.05) is 75.9 Å². The summed E-state index contributed by atoms with van der Waals surface area (Å²) in [6.07, 6.45) is 12.0. The predicted molar refractivity (Wildman–Crippen MR) is 183 cm³/mol. The molecule has 0 saturated heterocycles. The number of thioether (sulfide) groups is 2. The van der Waals surface area contributed by atoms with E-state index in [2.05, 4.69) is 23.8 Å². The highest BCUT2D eigenvalue weighted by atomic mass is 32.2. The van der Waals surface area contributed by atoms with Gasteiger partial charge in [-0.2, -0.15) is 8.42 Å². The zero-order chi connectivity index (χ0) is 32.7. The van der Waals surface area contributed by atoms with Crippen LogP contribution in [0, 0.1) is 11.6 Å². The van der Waals surface area contributed by atoms with Crippen LogP contribution in [0.5, 0.6) is 0 Å². The second-order valence-corrected chi connectivity index (χ2v) is 14.4. The lowest BCUT2D eigenvalue weighted by Gasteiger charge is -2.01. The Kier molecular flexibility index (Phi) is 15.6. The normalized spacial score (nSPS) is 11.4. The van der Waals surface area contributed by atoms with Crippen molar-refractivity contribution in [2.24, 2.45) is 0 Å². The lowest BCUT2D eigenvalue weighted by atomic mass is 10.1. The van der Waals surface area contributed by atoms with E-state index in [1.807, 2.05) is 0 Å². The van der Waals surface area contributed by atoms with E-state index >= 15 is 0 Å². The Morgan fingerprint density at radius 1 is 0.667 bits per heavy atom. The Hall–Kier alpha value is -2.67. The minimum atomic E-state index is -3.67. The monoisotopic (exact) mass is 678 g/mol. The third-order valence-corrected chi connectivity index (χ3v) is 8.68. The highest BCUT2D eigenvalue weighted by Crippen LogP contribution is 2.29. The average molecular weight is 679 g/mol. The van der Waals surface area contributed by atoms with Crippen LogP contribution in [0.2, 0.25) is 0 Å². The first-order valence-corrected chi connectivity index (χ1v) is 19.3. The maximum atomic E-state index is 13.3. The third-order valence-electron chi connectivity index (χ3n) is 6.77. The first kappa shape index (κ1) is 36.8. The van der Waals surface area contributed by atoms with Crippen LogP contribution in [0.1, 0.15) is 76.6 Å². The van der Waals surface area contributed by atoms with Gasteiger partial charge in [0.05, 0.1) is 17.6 Å². The van der Waals surface area contributed by atoms with E-state index in [1.54, 1.807) is 47.8 Å². The lowest BCUT2D eigenvalue weighted by molar-refractivity contribution is 0.490. The maximum absolute atomic E-state index is 13.3. The molecule has 12 heteroatoms. The minimum Gasteiger partial charge on any atom is -0.336 e. The highest BCUT2D eigenvalue weighted by Gasteiger charge is 2.13. The molecule has 7 nitrogen and oxygen atoms in total. The SMILES string of the molecule is CCCc1[nH]c(SCCCCCCCCSc2nc(-c3ccc(F)cc3)c(CCC)[nH]2)nc1-c1ccc(F)cc1.CS(=O)(=O)O. The van der Waals surface area contributed by atoms with Crippen LogP contribution in [0.3, 0.4) is 0 Å². The summed E-state index contributed by atoms with van der Waals surface area (Å²) >= 11 is 3.56. The molecule has 0 fully saturated rings. The van der Waals surface area contributed by atoms with Crippen LogP contribution in [0.25, 0.3) is 22.5 Å². The molecule has 4 rings (SSSR count). The van der Waals surface area contributed by atoms with Gasteiger partial charge in [0.25, 0.3) is 10.1 Å². The van der Waals surface area contributed by atoms with Gasteiger partial charge in [-0.25, -0.2) is 18.7 Å². The van der Waals surface area contributed by atoms with Gasteiger partial charge in [-0.15, -0.1) is 0 Å². The van der Waals surface area contributed by atoms with E-state index in [0.717, 1.165) is 81.4 Å². The van der Waals surface area contributed by atoms with Crippen molar-refractivity contribution in [1.82, 2.24) is 19.9 Å². The molecule has 0 amide bonds. The Labute approximate surface area is 274 Å². The van der Waals surface area contributed by atoms with Crippen molar-refractivity contribution in [2.45, 2.75) is 88.4 Å². The van der Waals surface area contributed by atoms with Gasteiger partial charge in [0.2, 0.25) is 0 Å². The van der Waals surface area contributed by atoms with Crippen LogP contribution >= 0.6 is 23.5 Å². The Bertz CT molecular complexity index is 1430. The molecule has 0 aliphatic carbocycles. The quantitative estimate of drug-likeness (QED) is 0.0580. The Morgan fingerprint density at radius 2 is 1.00 bits per heavy atom. The summed E-state index contributed by atoms with van der Waals surface area (Å²) in [6.45, 7) is 4.32. The number of rotatable bonds is 17. The number of hydrogen-bond acceptors (Lipinski definition) is 6. The van der Waals surface area contributed by atoms with Gasteiger partial charge in [0, 0.05) is 34.0 Å². The van der Waals surface area contributed by atoms with Crippen molar-refractivity contribution in [3.05, 3.63) is 71.6 Å². The summed E-state index contributed by atoms with van der Waals surface area (Å²) in [7, 11) is -3.67. The van der Waals surface area contributed by atoms with Crippen LogP contribution in [-0.4, -0.2) is 50.7 Å². The molecule has 0 bridgehead atoms. The van der Waals surface area contributed by atoms with Gasteiger partial charge in [0.1, 0.15) is 11.6 Å². The molecule has 2 aromatic heterocycles. The number of nitrogens with one attached hydrogen (secondary N) is 2. The summed E-state index contributed by atoms with van der Waals surface area (Å²) in [5.41, 5.74) is 6.10. The number of H-pyrrole nitrogens is 2. The van der Waals surface area contributed by atoms with Crippen molar-refractivity contribution in [3.8, 4) is 22.5 Å². The largest absolute Gasteiger partial charge is 0.336 e. The van der Waals surface area contributed by atoms with Crippen LogP contribution in [0.15, 0.2) is 58.8 Å². The maximum Gasteiger partial charge on any atom is 0.261 e. The predicted octanol–water partition coefficient (Wildman–Crippen LogP) is 9.38. The van der Waals surface area contributed by atoms with Crippen LogP contribution in [-0.2, 0) is 23.0 Å². The standard InChI is InChI=1S/C32H40F2N4S2.CH4O3S/c1-3-11-27-29(23-13-17-25(33)18-14-23)37-31(35-27)39-21-9-7-5-6-8-10-22-40-32-36-28(12-4-2)30(38-32)24-15-19-26(34)20-16-24;1-5(2,3)4/h13-20H,3-12,21-22H2,1-2H3,(H,35,37)(H,36,38);1H3,(H,2,3,4). The number of nitrogens with zero attached hydrogens (tertiary/aromatic N) is 2. The lowest BCUT2D eigenvalue weighted by Crippen LogP contribution is -1.88. The van der Waals surface area contributed by atoms with Crippen molar-refractivity contribution >= 4 is 33.6 Å². The van der Waals surface area contributed by atoms with Gasteiger partial charge in [-0.05, 0) is 74.2 Å². The molecule has 246 valence electrons. The zero-order valence-corrected chi connectivity index (χ0v) is 28.7. The molecule has 0 aliphatic rings. The molecular formula is C33H44F2N4O3S3. The van der Waals surface area contributed by atoms with Crippen molar-refractivity contribution in [1.29, 1.82) is 0 Å². The van der Waals surface area contributed by atoms with Gasteiger partial charge < -0.3 is 9.97 Å². The minimum absolute atomic E-state index is 0.222. The number of aryl methyl sites for hydroxylation is 2. The molecule has 0 aliphatic heterocycles. The average Bonchev–Trinajstić information content (AvgIpc) is 3.58. The number of unbranched alkanes of at least 4 members (excludes halogenated alkanes) is 5. The molecule has 45 heavy (non-hydrogen) atoms. The third kappa shape index (κ3) is 13.7. The zero-order valence-electron chi connectivity index (χ0n) is 26.2. The summed E-state index contributed by atoms with van der Waals surface area (Å²) in [4.78, 5) is 16.6. The second-order valence-electron chi connectivity index (χ2n) is 10.8. The summed E-state index contributed by atoms with van der Waals surface area (Å²) < 4.78 is 52.5. The number of halogens is 2. The highest BCUT2D eigenvalue weighted by molar-refractivity contribution is 7.99. The molecule has 4 aromatic rings. The Balaban J connectivity index is 0.00000102. The van der Waals surface area contributed by atoms with E-state index < -0.39 is 10.1 Å². The molecule has 2 aromatic carbocycles. The molecular weight excluding hydrogens is 635 g/mol. The summed E-state index contributed by atoms with van der Waals surface area (Å²) in [5, 5.41) is 1.92. The topological polar surface area (TPSA) is 112 Å². The number of hydrogen-bond donors (Lipinski definition) is 3. The van der Waals surface area contributed by atoms with Crippen LogP contribution in [0.4, 0.5) is 8.78 Å². The van der Waals surface area contributed by atoms with Crippen molar-refractivity contribution < 1.29 is 21.8 Å². The van der Waals surface area contributed by atoms with E-state index in [1.165, 1.54) is 62.8 Å². The van der Waals surface area contributed by atoms with Crippen molar-refractivity contribution in [3.63, 3.8) is 0 Å². The molecule has 0 atom stereocenters. The fraction of sp³-hybridized carbons (Fsp3) is 0.455. The molecule has 2 heterocycles. The molecule has 0 spiro atoms. The number of aromatic nitrogens is 4. The second kappa shape index (κ2) is 19.1. The number of aromatic amines is 2. The van der Waals surface area contributed by atoms with E-state index in [9.17, 15) is 17.2 Å². The van der Waals surface area contributed by atoms with Gasteiger partial charge >= 0.3 is 0 Å². The summed E-state index contributed by atoms with van der Waals surface area (Å²) in [6, 6.07) is 13.2. The fourth-order valence-corrected chi connectivity index (χ4v) is 6.50. The molecule has 0 radical (unpaired) electrons. The smallest absolute Gasteiger partial charge is 0.261 e. The molecule has 0 unspecified atom stereocenters. The fourth-order valence-electron chi connectivity index (χ4n) is 4.71. The van der Waals surface area contributed by atoms with Gasteiger partial charge in [0.15, 0.2) is 10.3 Å². The van der Waals surface area contributed by atoms with E-state index in [4.69, 9.17) is 14.5 Å². The summed E-state index contributed by atoms with van der Waals surface area (Å²) in [5.74, 6) is 1.65. The first-order chi connectivity index (χ1) is 21.6. The van der Waals surface area contributed by atoms with Crippen LogP contribution < -0.4 is 0 Å². The van der Waals surface area contributed by atoms with E-state index in [-0.39, 0.29) is 11.6 Å². The Morgan fingerprint density at radius 3 is 1.33 bits per heavy atom. The molecule has 0 saturated carbocycles. The van der Waals surface area contributed by atoms with E-state index in [0.29, 0.717) is 6.26 Å². The van der Waals surface area contributed by atoms with Crippen molar-refractivity contribution in [2.75, 3.05) is 17.8 Å². The number of imidazole rings is 2. The molecule has 3 N–H and O–H groups in total. The van der Waals surface area contributed by atoms with Gasteiger partial charge in [-0.3, -0.25) is 4.55 Å². The number of benzene rings is 2. The first-order valence-electron chi connectivity index (χ1n) is 15.4.